The summed E-state index contributed by atoms with van der Waals surface area (Å²) < 4.78 is 0. The minimum absolute atomic E-state index is 0.699. The van der Waals surface area contributed by atoms with Crippen LogP contribution in [0.4, 0.5) is 0 Å². The molecule has 2 nitrogen and oxygen atoms in total. The van der Waals surface area contributed by atoms with E-state index in [9.17, 15) is 0 Å². The molecule has 0 aliphatic carbocycles. The molecular formula is C21H13ClN2. The summed E-state index contributed by atoms with van der Waals surface area (Å²) in [4.78, 5) is 8.37. The number of halogens is 1. The fourth-order valence-electron chi connectivity index (χ4n) is 3.40. The topological polar surface area (TPSA) is 28.7 Å². The van der Waals surface area contributed by atoms with Crippen molar-refractivity contribution in [3.8, 4) is 11.4 Å². The minimum atomic E-state index is 0.699. The van der Waals surface area contributed by atoms with Crippen LogP contribution in [0.25, 0.3) is 44.0 Å². The zero-order valence-electron chi connectivity index (χ0n) is 12.8. The largest absolute Gasteiger partial charge is 0.337 e. The molecule has 0 saturated heterocycles. The Balaban J connectivity index is 1.98. The number of aromatic nitrogens is 2. The molecule has 24 heavy (non-hydrogen) atoms. The van der Waals surface area contributed by atoms with E-state index in [4.69, 9.17) is 16.6 Å². The van der Waals surface area contributed by atoms with Crippen molar-refractivity contribution >= 4 is 44.2 Å². The van der Waals surface area contributed by atoms with Gasteiger partial charge in [-0.15, -0.1) is 0 Å². The average Bonchev–Trinajstić information content (AvgIpc) is 3.08. The molecule has 0 aliphatic rings. The molecule has 114 valence electrons. The summed E-state index contributed by atoms with van der Waals surface area (Å²) >= 11 is 6.36. The lowest BCUT2D eigenvalue weighted by molar-refractivity contribution is 1.34. The first-order chi connectivity index (χ1) is 11.8. The van der Waals surface area contributed by atoms with Crippen molar-refractivity contribution in [2.45, 2.75) is 0 Å². The Hall–Kier alpha value is -2.84. The van der Waals surface area contributed by atoms with Crippen LogP contribution < -0.4 is 0 Å². The molecule has 0 amide bonds. The van der Waals surface area contributed by atoms with Crippen molar-refractivity contribution in [3.63, 3.8) is 0 Å². The summed E-state index contributed by atoms with van der Waals surface area (Å²) in [6.45, 7) is 0. The molecule has 1 heterocycles. The van der Waals surface area contributed by atoms with Gasteiger partial charge in [-0.05, 0) is 22.9 Å². The maximum absolute atomic E-state index is 6.36. The van der Waals surface area contributed by atoms with Crippen LogP contribution in [0.5, 0.6) is 0 Å². The molecule has 0 radical (unpaired) electrons. The van der Waals surface area contributed by atoms with Crippen molar-refractivity contribution in [2.75, 3.05) is 0 Å². The SMILES string of the molecule is Clc1ccccc1-c1nc2c3ccccc3c3ccccc3c2[nH]1. The van der Waals surface area contributed by atoms with Gasteiger partial charge in [-0.3, -0.25) is 0 Å². The van der Waals surface area contributed by atoms with Gasteiger partial charge >= 0.3 is 0 Å². The molecule has 4 aromatic carbocycles. The smallest absolute Gasteiger partial charge is 0.140 e. The van der Waals surface area contributed by atoms with Gasteiger partial charge in [0.05, 0.1) is 16.1 Å². The molecule has 0 unspecified atom stereocenters. The number of rotatable bonds is 1. The van der Waals surface area contributed by atoms with E-state index in [0.717, 1.165) is 27.8 Å². The molecule has 0 bridgehead atoms. The molecular weight excluding hydrogens is 316 g/mol. The second-order valence-corrected chi connectivity index (χ2v) is 6.29. The Labute approximate surface area is 143 Å². The van der Waals surface area contributed by atoms with Crippen molar-refractivity contribution < 1.29 is 0 Å². The zero-order chi connectivity index (χ0) is 16.1. The second-order valence-electron chi connectivity index (χ2n) is 5.88. The Bertz CT molecular complexity index is 1150. The van der Waals surface area contributed by atoms with Crippen LogP contribution in [0.1, 0.15) is 0 Å². The Morgan fingerprint density at radius 2 is 1.25 bits per heavy atom. The summed E-state index contributed by atoms with van der Waals surface area (Å²) in [7, 11) is 0. The molecule has 0 saturated carbocycles. The third-order valence-corrected chi connectivity index (χ3v) is 4.83. The summed E-state index contributed by atoms with van der Waals surface area (Å²) in [5, 5.41) is 5.48. The van der Waals surface area contributed by atoms with E-state index in [0.29, 0.717) is 5.02 Å². The van der Waals surface area contributed by atoms with Gasteiger partial charge < -0.3 is 4.98 Å². The van der Waals surface area contributed by atoms with E-state index in [1.807, 2.05) is 24.3 Å². The molecule has 0 aliphatic heterocycles. The Morgan fingerprint density at radius 3 is 2.00 bits per heavy atom. The molecule has 0 atom stereocenters. The molecule has 5 aromatic rings. The number of aromatic amines is 1. The lowest BCUT2D eigenvalue weighted by Gasteiger charge is -2.05. The van der Waals surface area contributed by atoms with Gasteiger partial charge in [-0.25, -0.2) is 4.98 Å². The molecule has 3 heteroatoms. The number of imidazole rings is 1. The number of benzene rings is 4. The highest BCUT2D eigenvalue weighted by Crippen LogP contribution is 2.36. The lowest BCUT2D eigenvalue weighted by Crippen LogP contribution is -1.81. The Morgan fingerprint density at radius 1 is 0.667 bits per heavy atom. The number of hydrogen-bond acceptors (Lipinski definition) is 1. The number of fused-ring (bicyclic) bond motifs is 6. The highest BCUT2D eigenvalue weighted by molar-refractivity contribution is 6.33. The zero-order valence-corrected chi connectivity index (χ0v) is 13.5. The van der Waals surface area contributed by atoms with E-state index < -0.39 is 0 Å². The quantitative estimate of drug-likeness (QED) is 0.365. The standard InChI is InChI=1S/C21H13ClN2/c22-18-12-6-5-11-17(18)21-23-19-15-9-3-1-7-13(15)14-8-2-4-10-16(14)20(19)24-21/h1-12H,(H,23,24). The fraction of sp³-hybridized carbons (Fsp3) is 0. The first-order valence-electron chi connectivity index (χ1n) is 7.87. The predicted octanol–water partition coefficient (Wildman–Crippen LogP) is 6.19. The van der Waals surface area contributed by atoms with Gasteiger partial charge in [0, 0.05) is 16.3 Å². The van der Waals surface area contributed by atoms with Crippen LogP contribution in [-0.2, 0) is 0 Å². The first-order valence-corrected chi connectivity index (χ1v) is 8.25. The molecule has 0 spiro atoms. The van der Waals surface area contributed by atoms with E-state index in [1.54, 1.807) is 0 Å². The number of nitrogens with zero attached hydrogens (tertiary/aromatic N) is 1. The summed E-state index contributed by atoms with van der Waals surface area (Å²) in [6.07, 6.45) is 0. The van der Waals surface area contributed by atoms with Crippen LogP contribution >= 0.6 is 11.6 Å². The van der Waals surface area contributed by atoms with Crippen molar-refractivity contribution in [3.05, 3.63) is 77.8 Å². The average molecular weight is 329 g/mol. The third kappa shape index (κ3) is 1.87. The summed E-state index contributed by atoms with van der Waals surface area (Å²) in [5.41, 5.74) is 2.96. The predicted molar refractivity (Wildman–Crippen MR) is 102 cm³/mol. The van der Waals surface area contributed by atoms with Gasteiger partial charge in [-0.2, -0.15) is 0 Å². The van der Waals surface area contributed by atoms with Crippen LogP contribution in [0.2, 0.25) is 5.02 Å². The van der Waals surface area contributed by atoms with E-state index in [-0.39, 0.29) is 0 Å². The Kier molecular flexibility index (Phi) is 2.88. The van der Waals surface area contributed by atoms with Crippen LogP contribution in [0.3, 0.4) is 0 Å². The molecule has 5 rings (SSSR count). The number of nitrogens with one attached hydrogen (secondary N) is 1. The molecule has 0 fully saturated rings. The second kappa shape index (κ2) is 5.08. The van der Waals surface area contributed by atoms with Gasteiger partial charge in [0.25, 0.3) is 0 Å². The maximum atomic E-state index is 6.36. The monoisotopic (exact) mass is 328 g/mol. The van der Waals surface area contributed by atoms with Gasteiger partial charge in [0.15, 0.2) is 0 Å². The maximum Gasteiger partial charge on any atom is 0.140 e. The third-order valence-electron chi connectivity index (χ3n) is 4.50. The van der Waals surface area contributed by atoms with Crippen molar-refractivity contribution in [2.24, 2.45) is 0 Å². The van der Waals surface area contributed by atoms with Crippen LogP contribution in [0.15, 0.2) is 72.8 Å². The summed E-state index contributed by atoms with van der Waals surface area (Å²) in [5.74, 6) is 0.803. The summed E-state index contributed by atoms with van der Waals surface area (Å²) in [6, 6.07) is 24.6. The fourth-order valence-corrected chi connectivity index (χ4v) is 3.63. The van der Waals surface area contributed by atoms with E-state index in [2.05, 4.69) is 53.5 Å². The van der Waals surface area contributed by atoms with E-state index >= 15 is 0 Å². The van der Waals surface area contributed by atoms with Crippen LogP contribution in [-0.4, -0.2) is 9.97 Å². The van der Waals surface area contributed by atoms with Gasteiger partial charge in [0.1, 0.15) is 5.82 Å². The van der Waals surface area contributed by atoms with E-state index in [1.165, 1.54) is 16.2 Å². The molecule has 1 aromatic heterocycles. The highest BCUT2D eigenvalue weighted by Gasteiger charge is 2.14. The van der Waals surface area contributed by atoms with Crippen molar-refractivity contribution in [1.82, 2.24) is 9.97 Å². The number of H-pyrrole nitrogens is 1. The van der Waals surface area contributed by atoms with Crippen LogP contribution in [0, 0.1) is 0 Å². The molecule has 1 N–H and O–H groups in total. The lowest BCUT2D eigenvalue weighted by atomic mass is 10.0. The van der Waals surface area contributed by atoms with Gasteiger partial charge in [-0.1, -0.05) is 72.3 Å². The highest BCUT2D eigenvalue weighted by atomic mass is 35.5. The minimum Gasteiger partial charge on any atom is -0.337 e. The first kappa shape index (κ1) is 13.6. The normalized spacial score (nSPS) is 11.5. The van der Waals surface area contributed by atoms with Crippen molar-refractivity contribution in [1.29, 1.82) is 0 Å². The number of hydrogen-bond donors (Lipinski definition) is 1. The van der Waals surface area contributed by atoms with Gasteiger partial charge in [0.2, 0.25) is 0 Å².